The lowest BCUT2D eigenvalue weighted by molar-refractivity contribution is -0.139. The monoisotopic (exact) mass is 276 g/mol. The molecule has 1 saturated carbocycles. The third kappa shape index (κ3) is 2.67. The minimum atomic E-state index is -3.65. The topological polar surface area (TPSA) is 86.7 Å². The van der Waals surface area contributed by atoms with Crippen LogP contribution in [0.1, 0.15) is 39.0 Å². The van der Waals surface area contributed by atoms with Crippen molar-refractivity contribution in [2.45, 2.75) is 51.1 Å². The Labute approximate surface area is 108 Å². The van der Waals surface area contributed by atoms with E-state index in [0.29, 0.717) is 25.3 Å². The van der Waals surface area contributed by atoms with E-state index in [1.54, 1.807) is 0 Å². The molecule has 3 unspecified atom stereocenters. The summed E-state index contributed by atoms with van der Waals surface area (Å²) in [7, 11) is -3.65. The van der Waals surface area contributed by atoms with Gasteiger partial charge >= 0.3 is 5.97 Å². The van der Waals surface area contributed by atoms with Gasteiger partial charge in [-0.2, -0.15) is 17.4 Å². The van der Waals surface area contributed by atoms with Gasteiger partial charge in [-0.3, -0.25) is 4.79 Å². The minimum Gasteiger partial charge on any atom is -0.480 e. The van der Waals surface area contributed by atoms with E-state index in [0.717, 1.165) is 19.3 Å². The second-order valence-corrected chi connectivity index (χ2v) is 6.86. The van der Waals surface area contributed by atoms with Crippen LogP contribution in [0.5, 0.6) is 0 Å². The number of fused-ring (bicyclic) bond motifs is 2. The Morgan fingerprint density at radius 3 is 2.67 bits per heavy atom. The third-order valence-corrected chi connectivity index (χ3v) is 5.48. The molecule has 0 aromatic carbocycles. The van der Waals surface area contributed by atoms with Crippen LogP contribution in [0.15, 0.2) is 0 Å². The van der Waals surface area contributed by atoms with Crippen molar-refractivity contribution in [1.29, 1.82) is 0 Å². The van der Waals surface area contributed by atoms with Gasteiger partial charge in [-0.15, -0.1) is 0 Å². The molecule has 2 aliphatic rings. The number of aliphatic carboxylic acids is 1. The Morgan fingerprint density at radius 1 is 1.50 bits per heavy atom. The number of carbonyl (C=O) groups is 1. The summed E-state index contributed by atoms with van der Waals surface area (Å²) in [6, 6.07) is -0.942. The molecule has 104 valence electrons. The van der Waals surface area contributed by atoms with Crippen molar-refractivity contribution in [3.8, 4) is 0 Å². The van der Waals surface area contributed by atoms with Crippen LogP contribution in [0.4, 0.5) is 0 Å². The number of rotatable bonds is 6. The zero-order chi connectivity index (χ0) is 13.3. The molecule has 1 saturated heterocycles. The molecule has 7 heteroatoms. The summed E-state index contributed by atoms with van der Waals surface area (Å²) in [6.07, 6.45) is 3.86. The second-order valence-electron chi connectivity index (χ2n) is 5.20. The Balaban J connectivity index is 2.04. The lowest BCUT2D eigenvalue weighted by atomic mass is 10.1. The predicted molar refractivity (Wildman–Crippen MR) is 66.2 cm³/mol. The van der Waals surface area contributed by atoms with Crippen LogP contribution in [0.3, 0.4) is 0 Å². The highest BCUT2D eigenvalue weighted by Crippen LogP contribution is 2.38. The second kappa shape index (κ2) is 5.14. The van der Waals surface area contributed by atoms with Crippen LogP contribution in [0.25, 0.3) is 0 Å². The molecule has 0 spiro atoms. The number of hydrogen-bond acceptors (Lipinski definition) is 3. The van der Waals surface area contributed by atoms with Crippen LogP contribution in [0, 0.1) is 5.92 Å². The molecular formula is C11H20N2O4S. The van der Waals surface area contributed by atoms with Crippen molar-refractivity contribution in [3.63, 3.8) is 0 Å². The van der Waals surface area contributed by atoms with E-state index in [-0.39, 0.29) is 6.04 Å². The maximum atomic E-state index is 12.2. The summed E-state index contributed by atoms with van der Waals surface area (Å²) >= 11 is 0. The molecule has 1 aliphatic heterocycles. The van der Waals surface area contributed by atoms with Gasteiger partial charge < -0.3 is 5.11 Å². The van der Waals surface area contributed by atoms with Gasteiger partial charge in [0.25, 0.3) is 10.2 Å². The van der Waals surface area contributed by atoms with E-state index in [2.05, 4.69) is 4.72 Å². The van der Waals surface area contributed by atoms with Gasteiger partial charge in [0.05, 0.1) is 0 Å². The first kappa shape index (κ1) is 13.8. The van der Waals surface area contributed by atoms with Crippen molar-refractivity contribution in [1.82, 2.24) is 9.03 Å². The Morgan fingerprint density at radius 2 is 2.22 bits per heavy atom. The SMILES string of the molecule is CCCC(NS(=O)(=O)N1CC2CCC1C2)C(=O)O. The maximum absolute atomic E-state index is 12.2. The van der Waals surface area contributed by atoms with Crippen molar-refractivity contribution in [2.24, 2.45) is 5.92 Å². The van der Waals surface area contributed by atoms with Crippen molar-refractivity contribution >= 4 is 16.2 Å². The van der Waals surface area contributed by atoms with Gasteiger partial charge in [0, 0.05) is 12.6 Å². The van der Waals surface area contributed by atoms with Crippen LogP contribution in [-0.2, 0) is 15.0 Å². The molecule has 1 aliphatic carbocycles. The Hall–Kier alpha value is -0.660. The summed E-state index contributed by atoms with van der Waals surface area (Å²) in [5.74, 6) is -0.647. The third-order valence-electron chi connectivity index (χ3n) is 3.83. The van der Waals surface area contributed by atoms with Crippen molar-refractivity contribution < 1.29 is 18.3 Å². The highest BCUT2D eigenvalue weighted by molar-refractivity contribution is 7.87. The average Bonchev–Trinajstić information content (AvgIpc) is 2.90. The molecule has 3 atom stereocenters. The van der Waals surface area contributed by atoms with Crippen LogP contribution in [-0.4, -0.2) is 42.4 Å². The molecule has 1 heterocycles. The smallest absolute Gasteiger partial charge is 0.321 e. The molecule has 0 aromatic heterocycles. The van der Waals surface area contributed by atoms with E-state index in [1.807, 2.05) is 6.92 Å². The van der Waals surface area contributed by atoms with E-state index >= 15 is 0 Å². The molecule has 0 aromatic rings. The van der Waals surface area contributed by atoms with Gasteiger partial charge in [0.1, 0.15) is 6.04 Å². The highest BCUT2D eigenvalue weighted by atomic mass is 32.2. The molecule has 2 N–H and O–H groups in total. The number of nitrogens with one attached hydrogen (secondary N) is 1. The van der Waals surface area contributed by atoms with Gasteiger partial charge in [0.15, 0.2) is 0 Å². The number of nitrogens with zero attached hydrogens (tertiary/aromatic N) is 1. The fourth-order valence-corrected chi connectivity index (χ4v) is 4.65. The van der Waals surface area contributed by atoms with E-state index in [1.165, 1.54) is 4.31 Å². The number of carboxylic acids is 1. The lowest BCUT2D eigenvalue weighted by Gasteiger charge is -2.27. The fourth-order valence-electron chi connectivity index (χ4n) is 2.94. The zero-order valence-electron chi connectivity index (χ0n) is 10.5. The summed E-state index contributed by atoms with van der Waals surface area (Å²) in [6.45, 7) is 2.38. The minimum absolute atomic E-state index is 0.0728. The van der Waals surface area contributed by atoms with E-state index in [9.17, 15) is 13.2 Å². The lowest BCUT2D eigenvalue weighted by Crippen LogP contribution is -2.50. The van der Waals surface area contributed by atoms with E-state index < -0.39 is 22.2 Å². The molecule has 18 heavy (non-hydrogen) atoms. The molecule has 2 fully saturated rings. The van der Waals surface area contributed by atoms with Crippen LogP contribution >= 0.6 is 0 Å². The first-order valence-electron chi connectivity index (χ1n) is 6.46. The maximum Gasteiger partial charge on any atom is 0.321 e. The predicted octanol–water partition coefficient (Wildman–Crippen LogP) is 0.558. The van der Waals surface area contributed by atoms with Gasteiger partial charge in [-0.1, -0.05) is 13.3 Å². The van der Waals surface area contributed by atoms with Gasteiger partial charge in [0.2, 0.25) is 0 Å². The highest BCUT2D eigenvalue weighted by Gasteiger charge is 2.44. The molecule has 2 rings (SSSR count). The fraction of sp³-hybridized carbons (Fsp3) is 0.909. The summed E-state index contributed by atoms with van der Waals surface area (Å²) in [4.78, 5) is 11.0. The number of carboxylic acid groups (broad SMARTS) is 1. The summed E-state index contributed by atoms with van der Waals surface area (Å²) < 4.78 is 28.1. The first-order valence-corrected chi connectivity index (χ1v) is 7.90. The summed E-state index contributed by atoms with van der Waals surface area (Å²) in [5.41, 5.74) is 0. The molecule has 6 nitrogen and oxygen atoms in total. The molecule has 2 bridgehead atoms. The number of hydrogen-bond donors (Lipinski definition) is 2. The average molecular weight is 276 g/mol. The summed E-state index contributed by atoms with van der Waals surface area (Å²) in [5, 5.41) is 9.00. The molecule has 0 amide bonds. The molecular weight excluding hydrogens is 256 g/mol. The zero-order valence-corrected chi connectivity index (χ0v) is 11.3. The van der Waals surface area contributed by atoms with Crippen molar-refractivity contribution in [2.75, 3.05) is 6.54 Å². The Bertz CT molecular complexity index is 423. The quantitative estimate of drug-likeness (QED) is 0.742. The van der Waals surface area contributed by atoms with Crippen LogP contribution < -0.4 is 4.72 Å². The van der Waals surface area contributed by atoms with E-state index in [4.69, 9.17) is 5.11 Å². The van der Waals surface area contributed by atoms with Gasteiger partial charge in [-0.05, 0) is 31.6 Å². The Kier molecular flexibility index (Phi) is 3.93. The largest absolute Gasteiger partial charge is 0.480 e. The van der Waals surface area contributed by atoms with Crippen molar-refractivity contribution in [3.05, 3.63) is 0 Å². The number of piperidine rings is 1. The van der Waals surface area contributed by atoms with Gasteiger partial charge in [-0.25, -0.2) is 0 Å². The standard InChI is InChI=1S/C11H20N2O4S/c1-2-3-10(11(14)15)12-18(16,17)13-7-8-4-5-9(13)6-8/h8-10,12H,2-7H2,1H3,(H,14,15). The molecule has 0 radical (unpaired) electrons. The normalized spacial score (nSPS) is 29.6. The first-order chi connectivity index (χ1) is 8.44. The van der Waals surface area contributed by atoms with Crippen LogP contribution in [0.2, 0.25) is 0 Å².